The molecule has 0 heterocycles. The molecular weight excluding hydrogens is 433 g/mol. The molecular formula is C25H33Cl2NO3. The van der Waals surface area contributed by atoms with E-state index in [1.54, 1.807) is 6.92 Å². The van der Waals surface area contributed by atoms with Crippen molar-refractivity contribution < 1.29 is 14.6 Å². The first-order chi connectivity index (χ1) is 14.8. The third-order valence-corrected chi connectivity index (χ3v) is 6.36. The second-order valence-electron chi connectivity index (χ2n) is 7.97. The van der Waals surface area contributed by atoms with Gasteiger partial charge in [0.15, 0.2) is 11.4 Å². The average Bonchev–Trinajstić information content (AvgIpc) is 2.76. The number of benzene rings is 2. The number of phenols is 1. The first kappa shape index (κ1) is 25.4. The lowest BCUT2D eigenvalue weighted by Gasteiger charge is -2.34. The monoisotopic (exact) mass is 465 g/mol. The summed E-state index contributed by atoms with van der Waals surface area (Å²) in [5.74, 6) is 0.164. The van der Waals surface area contributed by atoms with Gasteiger partial charge in [-0.1, -0.05) is 80.9 Å². The molecule has 0 aromatic heterocycles. The topological polar surface area (TPSA) is 58.6 Å². The highest BCUT2D eigenvalue weighted by atomic mass is 35.5. The van der Waals surface area contributed by atoms with Gasteiger partial charge in [0.1, 0.15) is 5.75 Å². The molecule has 2 aromatic carbocycles. The molecule has 0 spiro atoms. The van der Waals surface area contributed by atoms with E-state index in [0.717, 1.165) is 38.5 Å². The molecule has 0 aliphatic heterocycles. The number of carbonyl (C=O) groups excluding carboxylic acids is 1. The van der Waals surface area contributed by atoms with Crippen molar-refractivity contribution >= 4 is 34.8 Å². The van der Waals surface area contributed by atoms with Gasteiger partial charge in [0.25, 0.3) is 5.91 Å². The summed E-state index contributed by atoms with van der Waals surface area (Å²) in [4.78, 5) is 13.7. The first-order valence-corrected chi connectivity index (χ1v) is 11.8. The van der Waals surface area contributed by atoms with E-state index in [2.05, 4.69) is 19.2 Å². The van der Waals surface area contributed by atoms with E-state index in [1.807, 2.05) is 30.3 Å². The number of aromatic hydroxyl groups is 1. The number of unbranched alkanes of at least 4 members (excludes halogenated alkanes) is 4. The lowest BCUT2D eigenvalue weighted by Crippen LogP contribution is -2.48. The SMILES string of the molecule is CCCCCC(CCCCC)(Oc1ccccc1)C(=O)Nc1cc(Cl)c(C)c(Cl)c1O. The number of para-hydroxylation sites is 1. The quantitative estimate of drug-likeness (QED) is 0.247. The summed E-state index contributed by atoms with van der Waals surface area (Å²) in [5.41, 5.74) is -0.295. The first-order valence-electron chi connectivity index (χ1n) is 11.1. The van der Waals surface area contributed by atoms with Crippen molar-refractivity contribution in [2.24, 2.45) is 0 Å². The van der Waals surface area contributed by atoms with E-state index < -0.39 is 5.60 Å². The van der Waals surface area contributed by atoms with Crippen LogP contribution in [0.2, 0.25) is 10.0 Å². The van der Waals surface area contributed by atoms with Gasteiger partial charge in [-0.2, -0.15) is 0 Å². The Morgan fingerprint density at radius 3 is 2.16 bits per heavy atom. The normalized spacial score (nSPS) is 11.4. The summed E-state index contributed by atoms with van der Waals surface area (Å²) in [6, 6.07) is 10.9. The molecule has 0 bridgehead atoms. The Morgan fingerprint density at radius 2 is 1.61 bits per heavy atom. The van der Waals surface area contributed by atoms with Gasteiger partial charge >= 0.3 is 0 Å². The van der Waals surface area contributed by atoms with Crippen LogP contribution >= 0.6 is 23.2 Å². The molecule has 0 unspecified atom stereocenters. The average molecular weight is 466 g/mol. The number of hydrogen-bond acceptors (Lipinski definition) is 3. The predicted molar refractivity (Wildman–Crippen MR) is 130 cm³/mol. The molecule has 170 valence electrons. The van der Waals surface area contributed by atoms with Crippen LogP contribution in [0.1, 0.15) is 70.8 Å². The Morgan fingerprint density at radius 1 is 1.03 bits per heavy atom. The summed E-state index contributed by atoms with van der Waals surface area (Å²) in [7, 11) is 0. The molecule has 0 radical (unpaired) electrons. The van der Waals surface area contributed by atoms with E-state index in [-0.39, 0.29) is 22.4 Å². The van der Waals surface area contributed by atoms with Crippen LogP contribution in [0.25, 0.3) is 0 Å². The van der Waals surface area contributed by atoms with Crippen molar-refractivity contribution in [3.63, 3.8) is 0 Å². The lowest BCUT2D eigenvalue weighted by molar-refractivity contribution is -0.133. The summed E-state index contributed by atoms with van der Waals surface area (Å²) >= 11 is 12.4. The molecule has 6 heteroatoms. The van der Waals surface area contributed by atoms with Gasteiger partial charge < -0.3 is 15.2 Å². The zero-order valence-electron chi connectivity index (χ0n) is 18.6. The maximum atomic E-state index is 13.7. The number of halogens is 2. The molecule has 0 aliphatic carbocycles. The molecule has 31 heavy (non-hydrogen) atoms. The van der Waals surface area contributed by atoms with E-state index >= 15 is 0 Å². The van der Waals surface area contributed by atoms with Crippen LogP contribution in [-0.2, 0) is 4.79 Å². The van der Waals surface area contributed by atoms with Crippen molar-refractivity contribution in [2.75, 3.05) is 5.32 Å². The molecule has 2 aromatic rings. The van der Waals surface area contributed by atoms with Gasteiger partial charge in [-0.05, 0) is 56.4 Å². The summed E-state index contributed by atoms with van der Waals surface area (Å²) in [6.45, 7) is 5.98. The lowest BCUT2D eigenvalue weighted by atomic mass is 9.88. The molecule has 4 nitrogen and oxygen atoms in total. The second kappa shape index (κ2) is 12.2. The Hall–Kier alpha value is -1.91. The minimum Gasteiger partial charge on any atom is -0.504 e. The smallest absolute Gasteiger partial charge is 0.268 e. The maximum absolute atomic E-state index is 13.7. The Balaban J connectivity index is 2.41. The third-order valence-electron chi connectivity index (χ3n) is 5.51. The van der Waals surface area contributed by atoms with Crippen molar-refractivity contribution in [3.8, 4) is 11.5 Å². The van der Waals surface area contributed by atoms with Crippen LogP contribution in [-0.4, -0.2) is 16.6 Å². The van der Waals surface area contributed by atoms with Crippen LogP contribution < -0.4 is 10.1 Å². The van der Waals surface area contributed by atoms with Crippen molar-refractivity contribution in [3.05, 3.63) is 52.0 Å². The van der Waals surface area contributed by atoms with Crippen molar-refractivity contribution in [1.29, 1.82) is 0 Å². The molecule has 0 saturated carbocycles. The van der Waals surface area contributed by atoms with Crippen LogP contribution in [0.15, 0.2) is 36.4 Å². The number of anilines is 1. The summed E-state index contributed by atoms with van der Waals surface area (Å²) < 4.78 is 6.39. The van der Waals surface area contributed by atoms with E-state index in [1.165, 1.54) is 6.07 Å². The number of amides is 1. The number of hydrogen-bond donors (Lipinski definition) is 2. The third kappa shape index (κ3) is 6.78. The summed E-state index contributed by atoms with van der Waals surface area (Å²) in [5, 5.41) is 13.9. The summed E-state index contributed by atoms with van der Waals surface area (Å²) in [6.07, 6.45) is 7.00. The van der Waals surface area contributed by atoms with E-state index in [0.29, 0.717) is 29.2 Å². The van der Waals surface area contributed by atoms with Crippen LogP contribution in [0.4, 0.5) is 5.69 Å². The van der Waals surface area contributed by atoms with Gasteiger partial charge in [0, 0.05) is 5.02 Å². The van der Waals surface area contributed by atoms with Gasteiger partial charge in [0.05, 0.1) is 10.7 Å². The number of phenolic OH excluding ortho intramolecular Hbond substituents is 1. The zero-order chi connectivity index (χ0) is 22.9. The molecule has 0 atom stereocenters. The fourth-order valence-electron chi connectivity index (χ4n) is 3.57. The van der Waals surface area contributed by atoms with Gasteiger partial charge in [-0.25, -0.2) is 0 Å². The maximum Gasteiger partial charge on any atom is 0.268 e. The molecule has 2 rings (SSSR count). The van der Waals surface area contributed by atoms with E-state index in [4.69, 9.17) is 27.9 Å². The van der Waals surface area contributed by atoms with Gasteiger partial charge in [-0.3, -0.25) is 4.79 Å². The van der Waals surface area contributed by atoms with Crippen LogP contribution in [0.5, 0.6) is 11.5 Å². The Labute approximate surface area is 195 Å². The fourth-order valence-corrected chi connectivity index (χ4v) is 4.03. The van der Waals surface area contributed by atoms with E-state index in [9.17, 15) is 9.90 Å². The highest BCUT2D eigenvalue weighted by Gasteiger charge is 2.40. The molecule has 0 saturated heterocycles. The molecule has 0 aliphatic rings. The number of ether oxygens (including phenoxy) is 1. The number of rotatable bonds is 12. The standard InChI is InChI=1S/C25H33Cl2NO3/c1-4-6-11-15-25(16-12-7-5-2,31-19-13-9-8-10-14-19)24(30)28-21-17-20(26)18(3)22(27)23(21)29/h8-10,13-14,17,29H,4-7,11-12,15-16H2,1-3H3,(H,28,30). The fraction of sp³-hybridized carbons (Fsp3) is 0.480. The van der Waals surface area contributed by atoms with Crippen LogP contribution in [0.3, 0.4) is 0 Å². The molecule has 0 fully saturated rings. The molecule has 2 N–H and O–H groups in total. The minimum atomic E-state index is -1.05. The number of nitrogens with one attached hydrogen (secondary N) is 1. The van der Waals surface area contributed by atoms with Crippen LogP contribution in [0, 0.1) is 6.92 Å². The Kier molecular flexibility index (Phi) is 9.98. The zero-order valence-corrected chi connectivity index (χ0v) is 20.2. The highest BCUT2D eigenvalue weighted by Crippen LogP contribution is 2.40. The molecule has 1 amide bonds. The largest absolute Gasteiger partial charge is 0.504 e. The highest BCUT2D eigenvalue weighted by molar-refractivity contribution is 6.37. The van der Waals surface area contributed by atoms with Crippen molar-refractivity contribution in [2.45, 2.75) is 77.7 Å². The van der Waals surface area contributed by atoms with Gasteiger partial charge in [-0.15, -0.1) is 0 Å². The Bertz CT molecular complexity index is 846. The van der Waals surface area contributed by atoms with Gasteiger partial charge in [0.2, 0.25) is 0 Å². The number of carbonyl (C=O) groups is 1. The minimum absolute atomic E-state index is 0.134. The second-order valence-corrected chi connectivity index (χ2v) is 8.76. The van der Waals surface area contributed by atoms with Crippen molar-refractivity contribution in [1.82, 2.24) is 0 Å². The predicted octanol–water partition coefficient (Wildman–Crippen LogP) is 7.92.